The Morgan fingerprint density at radius 1 is 0.465 bits per heavy atom. The number of allylic oxidation sites excluding steroid dienone is 3. The maximum absolute atomic E-state index is 12.9. The monoisotopic (exact) mass is 1020 g/mol. The van der Waals surface area contributed by atoms with Crippen molar-refractivity contribution in [2.75, 3.05) is 40.9 Å². The van der Waals surface area contributed by atoms with Crippen LogP contribution in [-0.2, 0) is 18.4 Å². The molecule has 0 spiro atoms. The number of phosphoric ester groups is 1. The van der Waals surface area contributed by atoms with Gasteiger partial charge in [0.25, 0.3) is 0 Å². The van der Waals surface area contributed by atoms with Crippen LogP contribution in [0.3, 0.4) is 0 Å². The van der Waals surface area contributed by atoms with Gasteiger partial charge < -0.3 is 19.8 Å². The summed E-state index contributed by atoms with van der Waals surface area (Å²) in [5, 5.41) is 13.8. The number of aliphatic hydroxyl groups is 1. The minimum atomic E-state index is -4.34. The van der Waals surface area contributed by atoms with Crippen LogP contribution in [0.15, 0.2) is 24.3 Å². The smallest absolute Gasteiger partial charge is 0.387 e. The van der Waals surface area contributed by atoms with Gasteiger partial charge in [-0.25, -0.2) is 4.57 Å². The van der Waals surface area contributed by atoms with Crippen LogP contribution in [0.4, 0.5) is 0 Å². The number of unbranched alkanes of at least 4 members (excludes halogenated alkanes) is 43. The molecule has 0 heterocycles. The molecule has 0 radical (unpaired) electrons. The molecule has 3 unspecified atom stereocenters. The summed E-state index contributed by atoms with van der Waals surface area (Å²) in [6.45, 7) is 4.79. The van der Waals surface area contributed by atoms with Crippen molar-refractivity contribution in [1.82, 2.24) is 5.32 Å². The van der Waals surface area contributed by atoms with Crippen LogP contribution < -0.4 is 5.32 Å². The van der Waals surface area contributed by atoms with Gasteiger partial charge in [0, 0.05) is 6.42 Å². The van der Waals surface area contributed by atoms with Crippen molar-refractivity contribution >= 4 is 13.7 Å². The van der Waals surface area contributed by atoms with Gasteiger partial charge in [-0.2, -0.15) is 0 Å². The number of likely N-dealkylation sites (N-methyl/N-ethyl adjacent to an activating group) is 1. The third-order valence-electron chi connectivity index (χ3n) is 14.4. The average Bonchev–Trinajstić information content (AvgIpc) is 3.33. The summed E-state index contributed by atoms with van der Waals surface area (Å²) in [5.74, 6) is -0.183. The Morgan fingerprint density at radius 3 is 1.13 bits per heavy atom. The molecule has 0 saturated heterocycles. The van der Waals surface area contributed by atoms with E-state index in [4.69, 9.17) is 9.05 Å². The van der Waals surface area contributed by atoms with Crippen molar-refractivity contribution in [3.8, 4) is 0 Å². The highest BCUT2D eigenvalue weighted by Gasteiger charge is 2.27. The van der Waals surface area contributed by atoms with Gasteiger partial charge in [0.05, 0.1) is 39.9 Å². The summed E-state index contributed by atoms with van der Waals surface area (Å²) in [7, 11) is 1.57. The van der Waals surface area contributed by atoms with Crippen molar-refractivity contribution in [1.29, 1.82) is 0 Å². The molecule has 0 aliphatic heterocycles. The summed E-state index contributed by atoms with van der Waals surface area (Å²) in [5.41, 5.74) is 0. The Hall–Kier alpha value is -1.02. The minimum Gasteiger partial charge on any atom is -0.387 e. The highest BCUT2D eigenvalue weighted by molar-refractivity contribution is 7.47. The van der Waals surface area contributed by atoms with Gasteiger partial charge in [0.15, 0.2) is 0 Å². The maximum atomic E-state index is 12.9. The fraction of sp³-hybridized carbons (Fsp3) is 0.919. The molecule has 0 aromatic rings. The first kappa shape index (κ1) is 70.0. The van der Waals surface area contributed by atoms with Crippen molar-refractivity contribution in [2.45, 2.75) is 328 Å². The number of hydrogen-bond donors (Lipinski definition) is 3. The van der Waals surface area contributed by atoms with E-state index in [-0.39, 0.29) is 19.1 Å². The SMILES string of the molecule is CCCCCC/C=C/CC/C=C/C(O)C(COP(=O)(O)OCC[N+](C)(C)C)NC(=O)CCCCCCCCCCCCCCCCCCCCCCCCCCCCCCCCCCCCCCCCC. The minimum absolute atomic E-state index is 0.0582. The highest BCUT2D eigenvalue weighted by atomic mass is 31.2. The quantitative estimate of drug-likeness (QED) is 0.0243. The summed E-state index contributed by atoms with van der Waals surface area (Å²) in [6.07, 6.45) is 69.2. The van der Waals surface area contributed by atoms with Crippen molar-refractivity contribution in [3.05, 3.63) is 24.3 Å². The van der Waals surface area contributed by atoms with Crippen LogP contribution in [0, 0.1) is 0 Å². The van der Waals surface area contributed by atoms with E-state index in [9.17, 15) is 19.4 Å². The first-order valence-corrected chi connectivity index (χ1v) is 32.7. The van der Waals surface area contributed by atoms with E-state index in [0.29, 0.717) is 17.4 Å². The summed E-state index contributed by atoms with van der Waals surface area (Å²) >= 11 is 0. The second-order valence-electron chi connectivity index (χ2n) is 22.8. The molecular formula is C62H124N2O6P+. The predicted molar refractivity (Wildman–Crippen MR) is 309 cm³/mol. The lowest BCUT2D eigenvalue weighted by Crippen LogP contribution is -2.45. The molecule has 0 aromatic carbocycles. The van der Waals surface area contributed by atoms with E-state index in [1.165, 1.54) is 257 Å². The molecule has 71 heavy (non-hydrogen) atoms. The first-order valence-electron chi connectivity index (χ1n) is 31.2. The standard InChI is InChI=1S/C62H123N2O6P/c1-6-8-10-12-14-16-18-19-20-21-22-23-24-25-26-27-28-29-30-31-32-33-34-35-36-37-38-39-40-41-42-43-44-45-46-48-50-52-54-56-62(66)63-60(59-70-71(67,68)69-58-57-64(3,4)5)61(65)55-53-51-49-47-17-15-13-11-9-7-2/h17,47,53,55,60-61,65H,6-16,18-46,48-52,54,56-59H2,1-5H3,(H-,63,66,67,68)/p+1/b47-17+,55-53+. The molecule has 8 nitrogen and oxygen atoms in total. The maximum Gasteiger partial charge on any atom is 0.472 e. The lowest BCUT2D eigenvalue weighted by molar-refractivity contribution is -0.870. The van der Waals surface area contributed by atoms with Crippen molar-refractivity contribution in [3.63, 3.8) is 0 Å². The zero-order valence-electron chi connectivity index (χ0n) is 48.2. The number of hydrogen-bond acceptors (Lipinski definition) is 5. The molecule has 0 aliphatic rings. The predicted octanol–water partition coefficient (Wildman–Crippen LogP) is 19.2. The largest absolute Gasteiger partial charge is 0.472 e. The Kier molecular flexibility index (Phi) is 53.0. The van der Waals surface area contributed by atoms with Crippen molar-refractivity contribution < 1.29 is 32.9 Å². The van der Waals surface area contributed by atoms with Gasteiger partial charge >= 0.3 is 7.82 Å². The van der Waals surface area contributed by atoms with E-state index in [0.717, 1.165) is 38.5 Å². The molecule has 422 valence electrons. The number of aliphatic hydroxyl groups excluding tert-OH is 1. The van der Waals surface area contributed by atoms with Gasteiger partial charge in [-0.05, 0) is 32.1 Å². The summed E-state index contributed by atoms with van der Waals surface area (Å²) in [4.78, 5) is 23.2. The Balaban J connectivity index is 3.78. The lowest BCUT2D eigenvalue weighted by Gasteiger charge is -2.25. The molecule has 0 rings (SSSR count). The number of nitrogens with one attached hydrogen (secondary N) is 1. The van der Waals surface area contributed by atoms with Crippen LogP contribution in [0.2, 0.25) is 0 Å². The van der Waals surface area contributed by atoms with Crippen LogP contribution in [0.25, 0.3) is 0 Å². The van der Waals surface area contributed by atoms with E-state index in [2.05, 4.69) is 31.3 Å². The van der Waals surface area contributed by atoms with Gasteiger partial charge in [0.1, 0.15) is 13.2 Å². The Bertz CT molecular complexity index is 1210. The van der Waals surface area contributed by atoms with Crippen LogP contribution in [0.5, 0.6) is 0 Å². The number of rotatable bonds is 58. The number of carbonyl (C=O) groups excluding carboxylic acids is 1. The molecule has 9 heteroatoms. The number of amides is 1. The molecular weight excluding hydrogens is 900 g/mol. The average molecular weight is 1020 g/mol. The van der Waals surface area contributed by atoms with E-state index < -0.39 is 20.0 Å². The normalized spacial score (nSPS) is 14.0. The van der Waals surface area contributed by atoms with Gasteiger partial charge in [-0.3, -0.25) is 13.8 Å². The van der Waals surface area contributed by atoms with Gasteiger partial charge in [0.2, 0.25) is 5.91 Å². The second kappa shape index (κ2) is 53.8. The third kappa shape index (κ3) is 56.5. The number of quaternary nitrogens is 1. The number of nitrogens with zero attached hydrogens (tertiary/aromatic N) is 1. The number of phosphoric acid groups is 1. The third-order valence-corrected chi connectivity index (χ3v) is 15.4. The molecule has 0 saturated carbocycles. The first-order chi connectivity index (χ1) is 34.5. The molecule has 0 fully saturated rings. The summed E-state index contributed by atoms with van der Waals surface area (Å²) in [6, 6.07) is -0.858. The van der Waals surface area contributed by atoms with Gasteiger partial charge in [-0.15, -0.1) is 0 Å². The Labute approximate surface area is 443 Å². The fourth-order valence-corrected chi connectivity index (χ4v) is 10.3. The molecule has 3 atom stereocenters. The second-order valence-corrected chi connectivity index (χ2v) is 24.2. The molecule has 1 amide bonds. The topological polar surface area (TPSA) is 105 Å². The lowest BCUT2D eigenvalue weighted by atomic mass is 10.0. The van der Waals surface area contributed by atoms with Crippen molar-refractivity contribution in [2.24, 2.45) is 0 Å². The zero-order chi connectivity index (χ0) is 52.0. The van der Waals surface area contributed by atoms with E-state index in [1.807, 2.05) is 27.2 Å². The zero-order valence-corrected chi connectivity index (χ0v) is 49.1. The van der Waals surface area contributed by atoms with E-state index in [1.54, 1.807) is 6.08 Å². The Morgan fingerprint density at radius 2 is 0.775 bits per heavy atom. The van der Waals surface area contributed by atoms with Crippen LogP contribution in [0.1, 0.15) is 316 Å². The van der Waals surface area contributed by atoms with E-state index >= 15 is 0 Å². The van der Waals surface area contributed by atoms with Crippen LogP contribution >= 0.6 is 7.82 Å². The van der Waals surface area contributed by atoms with Crippen LogP contribution in [-0.4, -0.2) is 73.4 Å². The molecule has 0 aromatic heterocycles. The molecule has 3 N–H and O–H groups in total. The highest BCUT2D eigenvalue weighted by Crippen LogP contribution is 2.43. The summed E-state index contributed by atoms with van der Waals surface area (Å²) < 4.78 is 23.6. The fourth-order valence-electron chi connectivity index (χ4n) is 9.53. The number of carbonyl (C=O) groups is 1. The molecule has 0 bridgehead atoms. The van der Waals surface area contributed by atoms with Gasteiger partial charge in [-0.1, -0.05) is 301 Å². The molecule has 0 aliphatic carbocycles.